The Hall–Kier alpha value is -2.00. The van der Waals surface area contributed by atoms with Crippen LogP contribution in [0.5, 0.6) is 11.5 Å². The molecule has 2 aromatic carbocycles. The smallest absolute Gasteiger partial charge is 0.161 e. The van der Waals surface area contributed by atoms with E-state index in [9.17, 15) is 0 Å². The highest BCUT2D eigenvalue weighted by atomic mass is 16.5. The van der Waals surface area contributed by atoms with Crippen LogP contribution in [0.3, 0.4) is 0 Å². The van der Waals surface area contributed by atoms with Crippen LogP contribution in [0.4, 0.5) is 0 Å². The van der Waals surface area contributed by atoms with E-state index < -0.39 is 0 Å². The van der Waals surface area contributed by atoms with Crippen molar-refractivity contribution in [3.63, 3.8) is 0 Å². The maximum absolute atomic E-state index is 5.53. The number of fused-ring (bicyclic) bond motifs is 4. The Kier molecular flexibility index (Phi) is 3.74. The number of rotatable bonds is 2. The number of aryl methyl sites for hydroxylation is 1. The molecular weight excluding hydrogens is 286 g/mol. The van der Waals surface area contributed by atoms with Crippen LogP contribution in [0.1, 0.15) is 34.7 Å². The van der Waals surface area contributed by atoms with Crippen LogP contribution in [0.25, 0.3) is 0 Å². The second-order valence-electron chi connectivity index (χ2n) is 6.45. The third kappa shape index (κ3) is 2.49. The topological polar surface area (TPSA) is 21.7 Å². The van der Waals surface area contributed by atoms with E-state index in [2.05, 4.69) is 41.3 Å². The summed E-state index contributed by atoms with van der Waals surface area (Å²) >= 11 is 0. The van der Waals surface area contributed by atoms with E-state index in [0.717, 1.165) is 37.4 Å². The Bertz CT molecular complexity index is 726. The van der Waals surface area contributed by atoms with E-state index in [-0.39, 0.29) is 0 Å². The van der Waals surface area contributed by atoms with E-state index in [4.69, 9.17) is 9.47 Å². The average molecular weight is 309 g/mol. The molecule has 1 atom stereocenters. The summed E-state index contributed by atoms with van der Waals surface area (Å²) in [6.07, 6.45) is 3.39. The van der Waals surface area contributed by atoms with Crippen molar-refractivity contribution >= 4 is 0 Å². The zero-order valence-electron chi connectivity index (χ0n) is 13.8. The van der Waals surface area contributed by atoms with Crippen molar-refractivity contribution < 1.29 is 9.47 Å². The molecule has 0 aromatic heterocycles. The lowest BCUT2D eigenvalue weighted by Gasteiger charge is -2.36. The predicted octanol–water partition coefficient (Wildman–Crippen LogP) is 3.75. The van der Waals surface area contributed by atoms with Gasteiger partial charge in [0.2, 0.25) is 0 Å². The minimum atomic E-state index is 0.478. The van der Waals surface area contributed by atoms with E-state index in [1.807, 2.05) is 0 Å². The Morgan fingerprint density at radius 3 is 2.43 bits per heavy atom. The van der Waals surface area contributed by atoms with Crippen LogP contribution in [0, 0.1) is 0 Å². The van der Waals surface area contributed by atoms with Crippen LogP contribution >= 0.6 is 0 Å². The lowest BCUT2D eigenvalue weighted by atomic mass is 9.89. The van der Waals surface area contributed by atoms with Gasteiger partial charge >= 0.3 is 0 Å². The molecule has 0 N–H and O–H groups in total. The van der Waals surface area contributed by atoms with Crippen LogP contribution in [0.15, 0.2) is 36.4 Å². The number of hydrogen-bond donors (Lipinski definition) is 0. The molecule has 120 valence electrons. The highest BCUT2D eigenvalue weighted by Crippen LogP contribution is 2.41. The fraction of sp³-hybridized carbons (Fsp3) is 0.400. The highest BCUT2D eigenvalue weighted by Gasteiger charge is 2.31. The number of nitrogens with zero attached hydrogens (tertiary/aromatic N) is 1. The van der Waals surface area contributed by atoms with Gasteiger partial charge < -0.3 is 9.47 Å². The Labute approximate surface area is 137 Å². The van der Waals surface area contributed by atoms with E-state index in [0.29, 0.717) is 6.04 Å². The summed E-state index contributed by atoms with van der Waals surface area (Å²) in [5.41, 5.74) is 5.82. The maximum atomic E-state index is 5.53. The third-order valence-electron chi connectivity index (χ3n) is 5.29. The van der Waals surface area contributed by atoms with Gasteiger partial charge in [-0.2, -0.15) is 0 Å². The van der Waals surface area contributed by atoms with Crippen molar-refractivity contribution in [3.05, 3.63) is 58.7 Å². The Balaban J connectivity index is 1.73. The fourth-order valence-electron chi connectivity index (χ4n) is 4.07. The molecule has 2 aliphatic rings. The molecule has 0 radical (unpaired) electrons. The van der Waals surface area contributed by atoms with Crippen LogP contribution in [0.2, 0.25) is 0 Å². The molecule has 1 unspecified atom stereocenters. The SMILES string of the molecule is COc1cc2c(cc1OC)C1CCc3ccccc3CN1CC2. The lowest BCUT2D eigenvalue weighted by Crippen LogP contribution is -2.34. The molecule has 3 heteroatoms. The van der Waals surface area contributed by atoms with Crippen LogP contribution < -0.4 is 9.47 Å². The summed E-state index contributed by atoms with van der Waals surface area (Å²) < 4.78 is 11.0. The summed E-state index contributed by atoms with van der Waals surface area (Å²) in [7, 11) is 3.43. The molecule has 4 rings (SSSR count). The van der Waals surface area contributed by atoms with Gasteiger partial charge in [-0.3, -0.25) is 4.90 Å². The number of hydrogen-bond acceptors (Lipinski definition) is 3. The lowest BCUT2D eigenvalue weighted by molar-refractivity contribution is 0.173. The van der Waals surface area contributed by atoms with Gasteiger partial charge in [-0.05, 0) is 53.6 Å². The van der Waals surface area contributed by atoms with Crippen molar-refractivity contribution in [2.75, 3.05) is 20.8 Å². The molecule has 3 nitrogen and oxygen atoms in total. The normalized spacial score (nSPS) is 20.0. The molecular formula is C20H23NO2. The van der Waals surface area contributed by atoms with Gasteiger partial charge in [0.1, 0.15) is 0 Å². The molecule has 0 spiro atoms. The molecule has 2 aromatic rings. The number of methoxy groups -OCH3 is 2. The highest BCUT2D eigenvalue weighted by molar-refractivity contribution is 5.49. The van der Waals surface area contributed by atoms with E-state index in [1.54, 1.807) is 14.2 Å². The monoisotopic (exact) mass is 309 g/mol. The Morgan fingerprint density at radius 1 is 0.913 bits per heavy atom. The first-order valence-corrected chi connectivity index (χ1v) is 8.36. The van der Waals surface area contributed by atoms with E-state index >= 15 is 0 Å². The van der Waals surface area contributed by atoms with Gasteiger partial charge in [0.05, 0.1) is 14.2 Å². The second-order valence-corrected chi connectivity index (χ2v) is 6.45. The summed E-state index contributed by atoms with van der Waals surface area (Å²) in [6.45, 7) is 2.16. The van der Waals surface area contributed by atoms with Gasteiger partial charge in [-0.1, -0.05) is 24.3 Å². The maximum Gasteiger partial charge on any atom is 0.161 e. The minimum Gasteiger partial charge on any atom is -0.493 e. The third-order valence-corrected chi connectivity index (χ3v) is 5.29. The van der Waals surface area contributed by atoms with Gasteiger partial charge in [0.15, 0.2) is 11.5 Å². The summed E-state index contributed by atoms with van der Waals surface area (Å²) in [5.74, 6) is 1.69. The van der Waals surface area contributed by atoms with Crippen molar-refractivity contribution in [1.82, 2.24) is 4.90 Å². The Morgan fingerprint density at radius 2 is 1.65 bits per heavy atom. The number of benzene rings is 2. The minimum absolute atomic E-state index is 0.478. The van der Waals surface area contributed by atoms with Crippen LogP contribution in [-0.2, 0) is 19.4 Å². The van der Waals surface area contributed by atoms with Crippen molar-refractivity contribution in [3.8, 4) is 11.5 Å². The van der Waals surface area contributed by atoms with Crippen LogP contribution in [-0.4, -0.2) is 25.7 Å². The largest absolute Gasteiger partial charge is 0.493 e. The first-order chi connectivity index (χ1) is 11.3. The molecule has 0 aliphatic carbocycles. The van der Waals surface area contributed by atoms with Gasteiger partial charge in [0.25, 0.3) is 0 Å². The van der Waals surface area contributed by atoms with Crippen molar-refractivity contribution in [2.45, 2.75) is 31.8 Å². The average Bonchev–Trinajstić information content (AvgIpc) is 2.79. The molecule has 0 amide bonds. The fourth-order valence-corrected chi connectivity index (χ4v) is 4.07. The second kappa shape index (κ2) is 5.89. The zero-order valence-corrected chi connectivity index (χ0v) is 13.8. The van der Waals surface area contributed by atoms with E-state index in [1.165, 1.54) is 28.7 Å². The van der Waals surface area contributed by atoms with Crippen molar-refractivity contribution in [1.29, 1.82) is 0 Å². The van der Waals surface area contributed by atoms with Gasteiger partial charge in [-0.25, -0.2) is 0 Å². The molecule has 0 fully saturated rings. The van der Waals surface area contributed by atoms with Crippen molar-refractivity contribution in [2.24, 2.45) is 0 Å². The zero-order chi connectivity index (χ0) is 15.8. The molecule has 23 heavy (non-hydrogen) atoms. The summed E-state index contributed by atoms with van der Waals surface area (Å²) in [4.78, 5) is 2.63. The first-order valence-electron chi connectivity index (χ1n) is 8.36. The molecule has 2 aliphatic heterocycles. The quantitative estimate of drug-likeness (QED) is 0.843. The first kappa shape index (κ1) is 14.6. The summed E-state index contributed by atoms with van der Waals surface area (Å²) in [6, 6.07) is 13.7. The molecule has 2 heterocycles. The molecule has 0 saturated carbocycles. The predicted molar refractivity (Wildman–Crippen MR) is 91.2 cm³/mol. The number of ether oxygens (including phenoxy) is 2. The standard InChI is InChI=1S/C20H23NO2/c1-22-19-11-15-9-10-21-13-16-6-4-3-5-14(16)7-8-18(21)17(15)12-20(19)23-2/h3-6,11-12,18H,7-10,13H2,1-2H3. The summed E-state index contributed by atoms with van der Waals surface area (Å²) in [5, 5.41) is 0. The molecule has 0 saturated heterocycles. The van der Waals surface area contributed by atoms with Gasteiger partial charge in [-0.15, -0.1) is 0 Å². The molecule has 0 bridgehead atoms. The van der Waals surface area contributed by atoms with Gasteiger partial charge in [0, 0.05) is 19.1 Å².